The summed E-state index contributed by atoms with van der Waals surface area (Å²) in [6.07, 6.45) is 0. The van der Waals surface area contributed by atoms with Crippen LogP contribution in [0.15, 0.2) is 53.5 Å². The lowest BCUT2D eigenvalue weighted by atomic mass is 9.93. The third-order valence-corrected chi connectivity index (χ3v) is 4.73. The Labute approximate surface area is 138 Å². The predicted molar refractivity (Wildman–Crippen MR) is 90.5 cm³/mol. The number of hydrogen-bond donors (Lipinski definition) is 1. The average molecular weight is 321 g/mol. The number of anilines is 2. The number of carboxylic acids is 1. The number of hydrogen-bond acceptors (Lipinski definition) is 4. The Kier molecular flexibility index (Phi) is 2.81. The van der Waals surface area contributed by atoms with Crippen LogP contribution >= 0.6 is 0 Å². The molecule has 4 rings (SSSR count). The number of rotatable bonds is 1. The molecule has 0 fully saturated rings. The largest absolute Gasteiger partial charge is 0.477 e. The molecule has 120 valence electrons. The number of aliphatic carboxylic acids is 1. The molecule has 1 N–H and O–H groups in total. The quantitative estimate of drug-likeness (QED) is 0.870. The van der Waals surface area contributed by atoms with Crippen molar-refractivity contribution in [1.29, 1.82) is 0 Å². The van der Waals surface area contributed by atoms with Gasteiger partial charge < -0.3 is 14.9 Å². The first-order valence-electron chi connectivity index (χ1n) is 7.52. The summed E-state index contributed by atoms with van der Waals surface area (Å²) in [7, 11) is 3.45. The second-order valence-electron chi connectivity index (χ2n) is 5.90. The van der Waals surface area contributed by atoms with E-state index >= 15 is 0 Å². The Morgan fingerprint density at radius 2 is 1.67 bits per heavy atom. The molecule has 2 heterocycles. The van der Waals surface area contributed by atoms with Crippen LogP contribution in [0.25, 0.3) is 0 Å². The zero-order chi connectivity index (χ0) is 17.1. The first-order chi connectivity index (χ1) is 11.5. The van der Waals surface area contributed by atoms with E-state index in [1.54, 1.807) is 31.1 Å². The molecular weight excluding hydrogens is 306 g/mol. The smallest absolute Gasteiger partial charge is 0.354 e. The molecule has 1 atom stereocenters. The molecule has 0 saturated heterocycles. The van der Waals surface area contributed by atoms with Gasteiger partial charge in [0, 0.05) is 30.9 Å². The molecule has 2 aromatic rings. The van der Waals surface area contributed by atoms with Crippen molar-refractivity contribution in [3.8, 4) is 0 Å². The van der Waals surface area contributed by atoms with E-state index in [4.69, 9.17) is 0 Å². The van der Waals surface area contributed by atoms with Crippen LogP contribution in [-0.4, -0.2) is 36.8 Å². The van der Waals surface area contributed by atoms with Crippen LogP contribution in [0.3, 0.4) is 0 Å². The van der Waals surface area contributed by atoms with Crippen molar-refractivity contribution in [2.75, 3.05) is 23.9 Å². The molecule has 2 aliphatic rings. The molecule has 2 aromatic carbocycles. The van der Waals surface area contributed by atoms with Gasteiger partial charge in [-0.25, -0.2) is 9.79 Å². The molecule has 0 saturated carbocycles. The van der Waals surface area contributed by atoms with E-state index in [1.807, 2.05) is 36.4 Å². The van der Waals surface area contributed by atoms with Gasteiger partial charge in [-0.1, -0.05) is 36.4 Å². The fourth-order valence-electron chi connectivity index (χ4n) is 3.55. The predicted octanol–water partition coefficient (Wildman–Crippen LogP) is 1.84. The Hall–Kier alpha value is -3.15. The van der Waals surface area contributed by atoms with Gasteiger partial charge >= 0.3 is 5.97 Å². The van der Waals surface area contributed by atoms with Gasteiger partial charge in [0.1, 0.15) is 0 Å². The number of para-hydroxylation sites is 2. The number of carbonyl (C=O) groups is 2. The lowest BCUT2D eigenvalue weighted by Crippen LogP contribution is -2.53. The lowest BCUT2D eigenvalue weighted by Gasteiger charge is -2.40. The zero-order valence-electron chi connectivity index (χ0n) is 13.2. The van der Waals surface area contributed by atoms with Crippen molar-refractivity contribution in [2.24, 2.45) is 4.99 Å². The maximum atomic E-state index is 13.1. The summed E-state index contributed by atoms with van der Waals surface area (Å²) in [5, 5.41) is 9.64. The summed E-state index contributed by atoms with van der Waals surface area (Å²) < 4.78 is 0. The highest BCUT2D eigenvalue weighted by Gasteiger charge is 2.56. The minimum Gasteiger partial charge on any atom is -0.477 e. The van der Waals surface area contributed by atoms with E-state index in [9.17, 15) is 14.7 Å². The van der Waals surface area contributed by atoms with Crippen LogP contribution in [0.2, 0.25) is 0 Å². The summed E-state index contributed by atoms with van der Waals surface area (Å²) in [5.74, 6) is -1.41. The third-order valence-electron chi connectivity index (χ3n) is 4.73. The van der Waals surface area contributed by atoms with E-state index in [-0.39, 0.29) is 11.6 Å². The molecule has 2 aliphatic heterocycles. The van der Waals surface area contributed by atoms with E-state index in [0.29, 0.717) is 16.8 Å². The molecule has 0 radical (unpaired) electrons. The summed E-state index contributed by atoms with van der Waals surface area (Å²) in [6.45, 7) is 0. The Morgan fingerprint density at radius 3 is 2.38 bits per heavy atom. The highest BCUT2D eigenvalue weighted by molar-refractivity contribution is 6.45. The third kappa shape index (κ3) is 1.57. The minimum absolute atomic E-state index is 0.0952. The molecule has 6 heteroatoms. The standard InChI is InChI=1S/C18H15N3O3/c1-20-14-10-6-4-8-12(14)18(17(20)24)19-15(16(22)23)11-7-3-5-9-13(11)21(18)2/h3-10H,1-2H3,(H,22,23)/t18-/m1/s1. The van der Waals surface area contributed by atoms with Crippen LogP contribution < -0.4 is 9.80 Å². The number of carboxylic acid groups (broad SMARTS) is 1. The van der Waals surface area contributed by atoms with Gasteiger partial charge in [-0.2, -0.15) is 0 Å². The van der Waals surface area contributed by atoms with Crippen molar-refractivity contribution in [3.63, 3.8) is 0 Å². The molecule has 6 nitrogen and oxygen atoms in total. The van der Waals surface area contributed by atoms with Gasteiger partial charge in [-0.3, -0.25) is 4.79 Å². The number of aliphatic imine (C=N–C) groups is 1. The SMILES string of the molecule is CN1C(=O)[C@@]2(N=C(C(=O)O)c3ccccc3N2C)c2ccccc21. The normalized spacial score (nSPS) is 21.6. The number of carbonyl (C=O) groups excluding carboxylic acids is 1. The molecule has 1 spiro atoms. The first kappa shape index (κ1) is 14.4. The topological polar surface area (TPSA) is 73.2 Å². The summed E-state index contributed by atoms with van der Waals surface area (Å²) in [4.78, 5) is 32.7. The number of likely N-dealkylation sites (N-methyl/N-ethyl adjacent to an activating group) is 2. The van der Waals surface area contributed by atoms with Gasteiger partial charge in [0.25, 0.3) is 5.91 Å². The van der Waals surface area contributed by atoms with Crippen LogP contribution in [0.5, 0.6) is 0 Å². The fourth-order valence-corrected chi connectivity index (χ4v) is 3.55. The fraction of sp³-hybridized carbons (Fsp3) is 0.167. The van der Waals surface area contributed by atoms with Crippen LogP contribution in [0.4, 0.5) is 11.4 Å². The van der Waals surface area contributed by atoms with Crippen molar-refractivity contribution in [1.82, 2.24) is 0 Å². The lowest BCUT2D eigenvalue weighted by molar-refractivity contribution is -0.129. The van der Waals surface area contributed by atoms with Gasteiger partial charge in [-0.05, 0) is 12.1 Å². The van der Waals surface area contributed by atoms with Crippen molar-refractivity contribution >= 4 is 29.0 Å². The second-order valence-corrected chi connectivity index (χ2v) is 5.90. The van der Waals surface area contributed by atoms with Crippen molar-refractivity contribution < 1.29 is 14.7 Å². The van der Waals surface area contributed by atoms with Crippen LogP contribution in [0, 0.1) is 0 Å². The summed E-state index contributed by atoms with van der Waals surface area (Å²) in [5.41, 5.74) is 1.13. The van der Waals surface area contributed by atoms with Crippen LogP contribution in [-0.2, 0) is 15.3 Å². The Balaban J connectivity index is 2.08. The summed E-state index contributed by atoms with van der Waals surface area (Å²) >= 11 is 0. The van der Waals surface area contributed by atoms with Crippen LogP contribution in [0.1, 0.15) is 11.1 Å². The highest BCUT2D eigenvalue weighted by atomic mass is 16.4. The maximum absolute atomic E-state index is 13.1. The maximum Gasteiger partial charge on any atom is 0.354 e. The Morgan fingerprint density at radius 1 is 1.04 bits per heavy atom. The number of benzene rings is 2. The van der Waals surface area contributed by atoms with Gasteiger partial charge in [0.2, 0.25) is 5.66 Å². The monoisotopic (exact) mass is 321 g/mol. The van der Waals surface area contributed by atoms with Gasteiger partial charge in [0.15, 0.2) is 5.71 Å². The number of fused-ring (bicyclic) bond motifs is 3. The molecule has 0 bridgehead atoms. The van der Waals surface area contributed by atoms with Gasteiger partial charge in [-0.15, -0.1) is 0 Å². The first-order valence-corrected chi connectivity index (χ1v) is 7.52. The molecular formula is C18H15N3O3. The summed E-state index contributed by atoms with van der Waals surface area (Å²) in [6, 6.07) is 14.4. The molecule has 0 aliphatic carbocycles. The molecule has 1 amide bonds. The second kappa shape index (κ2) is 4.67. The molecule has 24 heavy (non-hydrogen) atoms. The van der Waals surface area contributed by atoms with E-state index in [2.05, 4.69) is 4.99 Å². The van der Waals surface area contributed by atoms with E-state index < -0.39 is 11.6 Å². The van der Waals surface area contributed by atoms with Crippen molar-refractivity contribution in [2.45, 2.75) is 5.66 Å². The number of amides is 1. The van der Waals surface area contributed by atoms with Gasteiger partial charge in [0.05, 0.1) is 5.69 Å². The zero-order valence-corrected chi connectivity index (χ0v) is 13.2. The highest BCUT2D eigenvalue weighted by Crippen LogP contribution is 2.48. The van der Waals surface area contributed by atoms with Crippen molar-refractivity contribution in [3.05, 3.63) is 59.7 Å². The molecule has 0 aromatic heterocycles. The minimum atomic E-state index is -1.38. The average Bonchev–Trinajstić information content (AvgIpc) is 2.81. The number of nitrogens with zero attached hydrogens (tertiary/aromatic N) is 3. The Bertz CT molecular complexity index is 921. The van der Waals surface area contributed by atoms with E-state index in [0.717, 1.165) is 5.69 Å². The van der Waals surface area contributed by atoms with E-state index in [1.165, 1.54) is 4.90 Å². The molecule has 0 unspecified atom stereocenters.